The van der Waals surface area contributed by atoms with E-state index in [4.69, 9.17) is 9.97 Å². The molecular formula is C39H44N4. The monoisotopic (exact) mass is 568 g/mol. The molecule has 4 nitrogen and oxygen atoms in total. The number of nitrogens with zero attached hydrogens (tertiary/aromatic N) is 4. The molecule has 5 aromatic rings. The van der Waals surface area contributed by atoms with Crippen molar-refractivity contribution >= 4 is 34.4 Å². The van der Waals surface area contributed by atoms with Crippen molar-refractivity contribution in [3.63, 3.8) is 0 Å². The van der Waals surface area contributed by atoms with E-state index in [0.29, 0.717) is 0 Å². The van der Waals surface area contributed by atoms with E-state index in [1.54, 1.807) is 0 Å². The Bertz CT molecular complexity index is 1570. The summed E-state index contributed by atoms with van der Waals surface area (Å²) in [4.78, 5) is 13.9. The molecule has 5 rings (SSSR count). The Morgan fingerprint density at radius 1 is 0.488 bits per heavy atom. The van der Waals surface area contributed by atoms with Gasteiger partial charge in [0.05, 0.1) is 0 Å². The third kappa shape index (κ3) is 6.64. The molecule has 0 N–H and O–H groups in total. The molecule has 0 aliphatic rings. The van der Waals surface area contributed by atoms with Crippen LogP contribution in [0.4, 0.5) is 34.4 Å². The molecule has 220 valence electrons. The fourth-order valence-corrected chi connectivity index (χ4v) is 5.65. The molecule has 2 heterocycles. The molecule has 0 aliphatic carbocycles. The molecule has 2 aromatic heterocycles. The van der Waals surface area contributed by atoms with Crippen LogP contribution in [0.2, 0.25) is 0 Å². The van der Waals surface area contributed by atoms with Gasteiger partial charge in [0, 0.05) is 35.1 Å². The zero-order valence-corrected chi connectivity index (χ0v) is 26.5. The SMILES string of the molecule is CCCC(C)(C)c1ccc(N(c2ccc(N(c3ccc(C(C)(C)CC)cc3)c3ccccn3)cc2)c2ccccn2)cc1. The summed E-state index contributed by atoms with van der Waals surface area (Å²) >= 11 is 0. The lowest BCUT2D eigenvalue weighted by Crippen LogP contribution is -2.17. The van der Waals surface area contributed by atoms with E-state index in [1.807, 2.05) is 36.7 Å². The van der Waals surface area contributed by atoms with Crippen molar-refractivity contribution in [1.29, 1.82) is 0 Å². The van der Waals surface area contributed by atoms with E-state index in [9.17, 15) is 0 Å². The second kappa shape index (κ2) is 12.8. The second-order valence-electron chi connectivity index (χ2n) is 12.5. The maximum absolute atomic E-state index is 4.73. The first-order valence-corrected chi connectivity index (χ1v) is 15.5. The number of pyridine rings is 2. The molecule has 0 amide bonds. The third-order valence-electron chi connectivity index (χ3n) is 8.70. The number of benzene rings is 3. The summed E-state index contributed by atoms with van der Waals surface area (Å²) < 4.78 is 0. The van der Waals surface area contributed by atoms with Crippen LogP contribution < -0.4 is 9.80 Å². The zero-order valence-electron chi connectivity index (χ0n) is 26.5. The molecule has 0 saturated carbocycles. The maximum Gasteiger partial charge on any atom is 0.137 e. The molecule has 0 bridgehead atoms. The molecule has 0 radical (unpaired) electrons. The molecule has 43 heavy (non-hydrogen) atoms. The number of aromatic nitrogens is 2. The van der Waals surface area contributed by atoms with Crippen molar-refractivity contribution in [3.8, 4) is 0 Å². The standard InChI is InChI=1S/C39H44N4/c1-7-27-39(5,6)31-17-21-33(22-18-31)43(37-14-10-12-29-41-37)35-25-23-34(24-26-35)42(36-13-9-11-28-40-36)32-19-15-30(16-20-32)38(3,4)8-2/h9-26,28-29H,7-8,27H2,1-6H3. The van der Waals surface area contributed by atoms with Gasteiger partial charge >= 0.3 is 0 Å². The highest BCUT2D eigenvalue weighted by atomic mass is 15.2. The van der Waals surface area contributed by atoms with E-state index >= 15 is 0 Å². The van der Waals surface area contributed by atoms with E-state index < -0.39 is 0 Å². The minimum atomic E-state index is 0.134. The smallest absolute Gasteiger partial charge is 0.137 e. The van der Waals surface area contributed by atoms with Gasteiger partial charge in [0.25, 0.3) is 0 Å². The highest BCUT2D eigenvalue weighted by Gasteiger charge is 2.22. The third-order valence-corrected chi connectivity index (χ3v) is 8.70. The Morgan fingerprint density at radius 2 is 0.860 bits per heavy atom. The first-order chi connectivity index (χ1) is 20.7. The Labute approximate surface area is 258 Å². The predicted molar refractivity (Wildman–Crippen MR) is 183 cm³/mol. The van der Waals surface area contributed by atoms with Gasteiger partial charge < -0.3 is 0 Å². The van der Waals surface area contributed by atoms with Gasteiger partial charge in [0.2, 0.25) is 0 Å². The second-order valence-corrected chi connectivity index (χ2v) is 12.5. The van der Waals surface area contributed by atoms with Crippen molar-refractivity contribution in [2.24, 2.45) is 0 Å². The van der Waals surface area contributed by atoms with Gasteiger partial charge in [-0.05, 0) is 108 Å². The molecule has 0 aliphatic heterocycles. The quantitative estimate of drug-likeness (QED) is 0.159. The lowest BCUT2D eigenvalue weighted by molar-refractivity contribution is 0.473. The van der Waals surface area contributed by atoms with Crippen LogP contribution in [0, 0.1) is 0 Å². The minimum Gasteiger partial charge on any atom is -0.295 e. The van der Waals surface area contributed by atoms with Crippen molar-refractivity contribution in [1.82, 2.24) is 9.97 Å². The summed E-state index contributed by atoms with van der Waals surface area (Å²) in [6.45, 7) is 13.7. The van der Waals surface area contributed by atoms with Crippen LogP contribution in [-0.4, -0.2) is 9.97 Å². The summed E-state index contributed by atoms with van der Waals surface area (Å²) in [6, 6.07) is 38.6. The Hall–Kier alpha value is -4.44. The molecule has 3 aromatic carbocycles. The van der Waals surface area contributed by atoms with Crippen LogP contribution in [0.25, 0.3) is 0 Å². The summed E-state index contributed by atoms with van der Waals surface area (Å²) in [7, 11) is 0. The highest BCUT2D eigenvalue weighted by Crippen LogP contribution is 2.39. The van der Waals surface area contributed by atoms with Crippen molar-refractivity contribution in [2.75, 3.05) is 9.80 Å². The molecule has 0 saturated heterocycles. The van der Waals surface area contributed by atoms with Gasteiger partial charge in [-0.2, -0.15) is 0 Å². The Kier molecular flexibility index (Phi) is 8.96. The van der Waals surface area contributed by atoms with Crippen molar-refractivity contribution in [3.05, 3.63) is 133 Å². The molecule has 0 fully saturated rings. The molecule has 0 unspecified atom stereocenters. The van der Waals surface area contributed by atoms with Crippen LogP contribution in [0.3, 0.4) is 0 Å². The van der Waals surface area contributed by atoms with Gasteiger partial charge in [-0.3, -0.25) is 9.80 Å². The summed E-state index contributed by atoms with van der Waals surface area (Å²) in [5.41, 5.74) is 7.22. The minimum absolute atomic E-state index is 0.134. The molecular weight excluding hydrogens is 524 g/mol. The maximum atomic E-state index is 4.73. The van der Waals surface area contributed by atoms with Gasteiger partial charge in [-0.15, -0.1) is 0 Å². The molecule has 0 spiro atoms. The summed E-state index contributed by atoms with van der Waals surface area (Å²) in [5.74, 6) is 1.76. The highest BCUT2D eigenvalue weighted by molar-refractivity contribution is 5.79. The lowest BCUT2D eigenvalue weighted by atomic mass is 9.81. The Balaban J connectivity index is 1.53. The first-order valence-electron chi connectivity index (χ1n) is 15.5. The van der Waals surface area contributed by atoms with Crippen LogP contribution in [0.15, 0.2) is 122 Å². The van der Waals surface area contributed by atoms with E-state index in [0.717, 1.165) is 53.6 Å². The van der Waals surface area contributed by atoms with Crippen molar-refractivity contribution < 1.29 is 0 Å². The van der Waals surface area contributed by atoms with Gasteiger partial charge in [0.1, 0.15) is 11.6 Å². The summed E-state index contributed by atoms with van der Waals surface area (Å²) in [5, 5.41) is 0. The topological polar surface area (TPSA) is 32.3 Å². The number of anilines is 6. The fraction of sp³-hybridized carbons (Fsp3) is 0.282. The number of rotatable bonds is 11. The molecule has 0 atom stereocenters. The van der Waals surface area contributed by atoms with E-state index in [2.05, 4.69) is 136 Å². The van der Waals surface area contributed by atoms with Crippen LogP contribution in [0.5, 0.6) is 0 Å². The number of hydrogen-bond acceptors (Lipinski definition) is 4. The normalized spacial score (nSPS) is 11.8. The van der Waals surface area contributed by atoms with Crippen LogP contribution >= 0.6 is 0 Å². The largest absolute Gasteiger partial charge is 0.295 e. The van der Waals surface area contributed by atoms with Crippen LogP contribution in [-0.2, 0) is 10.8 Å². The number of hydrogen-bond donors (Lipinski definition) is 0. The molecule has 4 heteroatoms. The van der Waals surface area contributed by atoms with Gasteiger partial charge in [-0.25, -0.2) is 9.97 Å². The van der Waals surface area contributed by atoms with Crippen molar-refractivity contribution in [2.45, 2.75) is 71.6 Å². The van der Waals surface area contributed by atoms with Gasteiger partial charge in [-0.1, -0.05) is 84.4 Å². The zero-order chi connectivity index (χ0) is 30.5. The average Bonchev–Trinajstić information content (AvgIpc) is 3.04. The Morgan fingerprint density at radius 3 is 1.19 bits per heavy atom. The first kappa shape index (κ1) is 30.0. The average molecular weight is 569 g/mol. The fourth-order valence-electron chi connectivity index (χ4n) is 5.65. The van der Waals surface area contributed by atoms with E-state index in [1.165, 1.54) is 11.1 Å². The predicted octanol–water partition coefficient (Wildman–Crippen LogP) is 11.2. The van der Waals surface area contributed by atoms with E-state index in [-0.39, 0.29) is 10.8 Å². The van der Waals surface area contributed by atoms with Crippen LogP contribution in [0.1, 0.15) is 71.9 Å². The summed E-state index contributed by atoms with van der Waals surface area (Å²) in [6.07, 6.45) is 7.10. The van der Waals surface area contributed by atoms with Gasteiger partial charge in [0.15, 0.2) is 0 Å². The lowest BCUT2D eigenvalue weighted by Gasteiger charge is -2.29.